The van der Waals surface area contributed by atoms with E-state index in [1.807, 2.05) is 24.3 Å². The van der Waals surface area contributed by atoms with Crippen molar-refractivity contribution in [3.8, 4) is 0 Å². The Balaban J connectivity index is 1.83. The van der Waals surface area contributed by atoms with Crippen LogP contribution in [0.3, 0.4) is 0 Å². The number of nitrogens with two attached hydrogens (primary N) is 1. The molecule has 2 aliphatic rings. The first-order valence-electron chi connectivity index (χ1n) is 7.71. The molecule has 24 heavy (non-hydrogen) atoms. The Kier molecular flexibility index (Phi) is 3.96. The first-order valence-corrected chi connectivity index (χ1v) is 7.71. The number of benzene rings is 1. The van der Waals surface area contributed by atoms with Gasteiger partial charge in [-0.15, -0.1) is 0 Å². The van der Waals surface area contributed by atoms with Crippen LogP contribution in [0, 0.1) is 0 Å². The first kappa shape index (κ1) is 16.0. The monoisotopic (exact) mass is 330 g/mol. The van der Waals surface area contributed by atoms with E-state index in [0.29, 0.717) is 6.42 Å². The van der Waals surface area contributed by atoms with Crippen molar-refractivity contribution >= 4 is 23.8 Å². The third kappa shape index (κ3) is 2.60. The third-order valence-electron chi connectivity index (χ3n) is 4.41. The molecule has 1 spiro atoms. The molecule has 0 radical (unpaired) electrons. The summed E-state index contributed by atoms with van der Waals surface area (Å²) in [5.74, 6) is -1.74. The lowest BCUT2D eigenvalue weighted by Gasteiger charge is -2.33. The summed E-state index contributed by atoms with van der Waals surface area (Å²) in [7, 11) is 0. The molecule has 1 aromatic carbocycles. The van der Waals surface area contributed by atoms with E-state index in [0.717, 1.165) is 28.9 Å². The number of nitrogens with zero attached hydrogens (tertiary/aromatic N) is 1. The van der Waals surface area contributed by atoms with Crippen molar-refractivity contribution in [2.75, 3.05) is 13.1 Å². The van der Waals surface area contributed by atoms with Crippen LogP contribution in [-0.4, -0.2) is 41.7 Å². The largest absolute Gasteiger partial charge is 0.368 e. The molecule has 8 heteroatoms. The van der Waals surface area contributed by atoms with E-state index in [9.17, 15) is 19.2 Å². The van der Waals surface area contributed by atoms with Gasteiger partial charge >= 0.3 is 6.03 Å². The molecular formula is C16H18N4O4. The van der Waals surface area contributed by atoms with Gasteiger partial charge in [-0.2, -0.15) is 0 Å². The number of carbonyl (C=O) groups excluding carboxylic acids is 4. The van der Waals surface area contributed by atoms with Gasteiger partial charge in [0.1, 0.15) is 12.1 Å². The Bertz CT molecular complexity index is 733. The van der Waals surface area contributed by atoms with E-state index in [-0.39, 0.29) is 6.54 Å². The van der Waals surface area contributed by atoms with Gasteiger partial charge in [-0.25, -0.2) is 4.79 Å². The number of carbonyl (C=O) groups is 4. The molecule has 1 fully saturated rings. The SMILES string of the molecule is NC(=O)CNC(=O)CN1C(=O)N[C@@]2(CCCc3ccccc32)C1=O. The maximum Gasteiger partial charge on any atom is 0.325 e. The minimum atomic E-state index is -1.10. The van der Waals surface area contributed by atoms with Crippen molar-refractivity contribution in [3.05, 3.63) is 35.4 Å². The summed E-state index contributed by atoms with van der Waals surface area (Å²) in [6.07, 6.45) is 2.11. The number of primary amides is 1. The topological polar surface area (TPSA) is 122 Å². The summed E-state index contributed by atoms with van der Waals surface area (Å²) in [4.78, 5) is 48.6. The Morgan fingerprint density at radius 1 is 1.29 bits per heavy atom. The maximum atomic E-state index is 12.9. The van der Waals surface area contributed by atoms with Crippen LogP contribution in [0.4, 0.5) is 4.79 Å². The zero-order valence-corrected chi connectivity index (χ0v) is 13.0. The molecule has 1 heterocycles. The number of hydrogen-bond donors (Lipinski definition) is 3. The predicted octanol–water partition coefficient (Wildman–Crippen LogP) is -0.628. The van der Waals surface area contributed by atoms with Crippen LogP contribution >= 0.6 is 0 Å². The van der Waals surface area contributed by atoms with E-state index < -0.39 is 35.8 Å². The van der Waals surface area contributed by atoms with Gasteiger partial charge in [0.25, 0.3) is 5.91 Å². The van der Waals surface area contributed by atoms with E-state index in [2.05, 4.69) is 10.6 Å². The second-order valence-electron chi connectivity index (χ2n) is 5.98. The van der Waals surface area contributed by atoms with Crippen molar-refractivity contribution in [3.63, 3.8) is 0 Å². The van der Waals surface area contributed by atoms with Gasteiger partial charge in [-0.3, -0.25) is 19.3 Å². The standard InChI is InChI=1S/C16H18N4O4/c17-12(21)8-18-13(22)9-20-14(23)16(19-15(20)24)7-3-5-10-4-1-2-6-11(10)16/h1-2,4,6H,3,5,7-9H2,(H2,17,21)(H,18,22)(H,19,24)/t16-/m1/s1. The lowest BCUT2D eigenvalue weighted by Crippen LogP contribution is -2.47. The van der Waals surface area contributed by atoms with Gasteiger partial charge in [0.15, 0.2) is 0 Å². The van der Waals surface area contributed by atoms with Crippen LogP contribution in [0.2, 0.25) is 0 Å². The molecule has 1 saturated heterocycles. The zero-order valence-electron chi connectivity index (χ0n) is 13.0. The number of imide groups is 1. The van der Waals surface area contributed by atoms with E-state index in [1.165, 1.54) is 0 Å². The van der Waals surface area contributed by atoms with Crippen LogP contribution in [0.1, 0.15) is 24.0 Å². The number of amides is 5. The van der Waals surface area contributed by atoms with Gasteiger partial charge in [0, 0.05) is 0 Å². The minimum Gasteiger partial charge on any atom is -0.368 e. The fraction of sp³-hybridized carbons (Fsp3) is 0.375. The lowest BCUT2D eigenvalue weighted by atomic mass is 9.76. The van der Waals surface area contributed by atoms with Gasteiger partial charge in [0.2, 0.25) is 11.8 Å². The highest BCUT2D eigenvalue weighted by molar-refractivity contribution is 6.09. The highest BCUT2D eigenvalue weighted by Crippen LogP contribution is 2.39. The van der Waals surface area contributed by atoms with Gasteiger partial charge < -0.3 is 16.4 Å². The van der Waals surface area contributed by atoms with Crippen molar-refractivity contribution < 1.29 is 19.2 Å². The maximum absolute atomic E-state index is 12.9. The molecule has 1 aliphatic carbocycles. The molecule has 0 aromatic heterocycles. The lowest BCUT2D eigenvalue weighted by molar-refractivity contribution is -0.135. The summed E-state index contributed by atoms with van der Waals surface area (Å²) in [6.45, 7) is -0.779. The number of rotatable bonds is 4. The normalized spacial score (nSPS) is 22.2. The van der Waals surface area contributed by atoms with Crippen LogP contribution in [0.25, 0.3) is 0 Å². The summed E-state index contributed by atoms with van der Waals surface area (Å²) >= 11 is 0. The van der Waals surface area contributed by atoms with Crippen LogP contribution < -0.4 is 16.4 Å². The Hall–Kier alpha value is -2.90. The first-order chi connectivity index (χ1) is 11.4. The Labute approximate surface area is 138 Å². The third-order valence-corrected chi connectivity index (χ3v) is 4.41. The summed E-state index contributed by atoms with van der Waals surface area (Å²) in [6, 6.07) is 6.90. The number of aryl methyl sites for hydroxylation is 1. The molecule has 4 N–H and O–H groups in total. The van der Waals surface area contributed by atoms with Crippen molar-refractivity contribution in [2.24, 2.45) is 5.73 Å². The van der Waals surface area contributed by atoms with Crippen molar-refractivity contribution in [2.45, 2.75) is 24.8 Å². The molecule has 3 rings (SSSR count). The molecule has 0 unspecified atom stereocenters. The minimum absolute atomic E-state index is 0.337. The molecule has 0 saturated carbocycles. The van der Waals surface area contributed by atoms with Gasteiger partial charge in [-0.1, -0.05) is 24.3 Å². The fourth-order valence-corrected chi connectivity index (χ4v) is 3.34. The van der Waals surface area contributed by atoms with Crippen LogP contribution in [0.5, 0.6) is 0 Å². The highest BCUT2D eigenvalue weighted by Gasteiger charge is 2.54. The smallest absolute Gasteiger partial charge is 0.325 e. The molecule has 8 nitrogen and oxygen atoms in total. The molecule has 1 aliphatic heterocycles. The number of fused-ring (bicyclic) bond motifs is 2. The quantitative estimate of drug-likeness (QED) is 0.636. The number of urea groups is 1. The predicted molar refractivity (Wildman–Crippen MR) is 83.5 cm³/mol. The highest BCUT2D eigenvalue weighted by atomic mass is 16.2. The van der Waals surface area contributed by atoms with Crippen molar-refractivity contribution in [1.82, 2.24) is 15.5 Å². The number of nitrogens with one attached hydrogen (secondary N) is 2. The Morgan fingerprint density at radius 3 is 2.79 bits per heavy atom. The summed E-state index contributed by atoms with van der Waals surface area (Å²) < 4.78 is 0. The zero-order chi connectivity index (χ0) is 17.3. The average Bonchev–Trinajstić information content (AvgIpc) is 2.78. The molecule has 1 atom stereocenters. The van der Waals surface area contributed by atoms with Crippen molar-refractivity contribution in [1.29, 1.82) is 0 Å². The van der Waals surface area contributed by atoms with E-state index >= 15 is 0 Å². The van der Waals surface area contributed by atoms with E-state index in [1.54, 1.807) is 0 Å². The molecule has 5 amide bonds. The van der Waals surface area contributed by atoms with Crippen LogP contribution in [0.15, 0.2) is 24.3 Å². The summed E-state index contributed by atoms with van der Waals surface area (Å²) in [5, 5.41) is 5.03. The molecule has 126 valence electrons. The summed E-state index contributed by atoms with van der Waals surface area (Å²) in [5.41, 5.74) is 5.67. The second-order valence-corrected chi connectivity index (χ2v) is 5.98. The van der Waals surface area contributed by atoms with Crippen LogP contribution in [-0.2, 0) is 26.3 Å². The molecule has 1 aromatic rings. The fourth-order valence-electron chi connectivity index (χ4n) is 3.34. The average molecular weight is 330 g/mol. The number of hydrogen-bond acceptors (Lipinski definition) is 4. The van der Waals surface area contributed by atoms with Gasteiger partial charge in [-0.05, 0) is 30.4 Å². The van der Waals surface area contributed by atoms with E-state index in [4.69, 9.17) is 5.73 Å². The Morgan fingerprint density at radius 2 is 2.04 bits per heavy atom. The second kappa shape index (κ2) is 5.95. The molecular weight excluding hydrogens is 312 g/mol. The molecule has 0 bridgehead atoms. The van der Waals surface area contributed by atoms with Gasteiger partial charge in [0.05, 0.1) is 6.54 Å².